The van der Waals surface area contributed by atoms with Crippen LogP contribution in [0.5, 0.6) is 0 Å². The molecule has 0 saturated carbocycles. The van der Waals surface area contributed by atoms with Gasteiger partial charge in [-0.05, 0) is 44.0 Å². The maximum Gasteiger partial charge on any atom is 0.330 e. The number of amides is 1. The van der Waals surface area contributed by atoms with E-state index in [4.69, 9.17) is 0 Å². The number of nitrogens with one attached hydrogen (secondary N) is 1. The summed E-state index contributed by atoms with van der Waals surface area (Å²) in [5.41, 5.74) is 4.08. The standard InChI is InChI=1S/C14H16N2O/c1-10-9-16(12(3)11(10)2)14(17)15-13-7-5-4-6-8-13/h4-9H,1-3H3,(H,15,17). The Kier molecular flexibility index (Phi) is 3.00. The number of para-hydroxylation sites is 1. The lowest BCUT2D eigenvalue weighted by molar-refractivity contribution is 0.253. The summed E-state index contributed by atoms with van der Waals surface area (Å²) in [5, 5.41) is 2.86. The largest absolute Gasteiger partial charge is 0.330 e. The van der Waals surface area contributed by atoms with Crippen LogP contribution < -0.4 is 5.32 Å². The SMILES string of the molecule is Cc1cn(C(=O)Nc2ccccc2)c(C)c1C. The molecule has 3 heteroatoms. The normalized spacial score (nSPS) is 10.3. The molecular weight excluding hydrogens is 212 g/mol. The molecule has 0 aliphatic heterocycles. The van der Waals surface area contributed by atoms with E-state index < -0.39 is 0 Å². The van der Waals surface area contributed by atoms with Gasteiger partial charge in [-0.1, -0.05) is 18.2 Å². The van der Waals surface area contributed by atoms with Gasteiger partial charge in [0.05, 0.1) is 0 Å². The van der Waals surface area contributed by atoms with E-state index in [0.29, 0.717) is 0 Å². The van der Waals surface area contributed by atoms with Crippen molar-refractivity contribution in [2.24, 2.45) is 0 Å². The highest BCUT2D eigenvalue weighted by Gasteiger charge is 2.11. The number of aryl methyl sites for hydroxylation is 1. The second kappa shape index (κ2) is 4.45. The first-order valence-corrected chi connectivity index (χ1v) is 5.61. The second-order valence-electron chi connectivity index (χ2n) is 4.19. The molecule has 2 aromatic rings. The molecule has 0 aliphatic carbocycles. The van der Waals surface area contributed by atoms with Crippen molar-refractivity contribution in [2.75, 3.05) is 5.32 Å². The fourth-order valence-electron chi connectivity index (χ4n) is 1.77. The Bertz CT molecular complexity index is 541. The van der Waals surface area contributed by atoms with E-state index in [0.717, 1.165) is 22.5 Å². The molecule has 0 spiro atoms. The van der Waals surface area contributed by atoms with Crippen LogP contribution in [0.25, 0.3) is 0 Å². The predicted molar refractivity (Wildman–Crippen MR) is 69.5 cm³/mol. The summed E-state index contributed by atoms with van der Waals surface area (Å²) < 4.78 is 1.65. The Labute approximate surface area is 101 Å². The van der Waals surface area contributed by atoms with E-state index in [2.05, 4.69) is 5.32 Å². The molecule has 1 amide bonds. The molecular formula is C14H16N2O. The van der Waals surface area contributed by atoms with Gasteiger partial charge in [0.25, 0.3) is 0 Å². The highest BCUT2D eigenvalue weighted by atomic mass is 16.2. The summed E-state index contributed by atoms with van der Waals surface area (Å²) in [6.45, 7) is 5.98. The first kappa shape index (κ1) is 11.5. The fourth-order valence-corrected chi connectivity index (χ4v) is 1.77. The first-order chi connectivity index (χ1) is 8.09. The zero-order chi connectivity index (χ0) is 12.4. The maximum absolute atomic E-state index is 12.1. The molecule has 1 aromatic heterocycles. The van der Waals surface area contributed by atoms with Crippen molar-refractivity contribution in [3.63, 3.8) is 0 Å². The van der Waals surface area contributed by atoms with E-state index in [-0.39, 0.29) is 6.03 Å². The summed E-state index contributed by atoms with van der Waals surface area (Å²) in [6.07, 6.45) is 1.86. The van der Waals surface area contributed by atoms with Gasteiger partial charge in [0.2, 0.25) is 0 Å². The summed E-state index contributed by atoms with van der Waals surface area (Å²) in [7, 11) is 0. The molecule has 0 fully saturated rings. The number of aromatic nitrogens is 1. The summed E-state index contributed by atoms with van der Waals surface area (Å²) in [4.78, 5) is 12.1. The highest BCUT2D eigenvalue weighted by molar-refractivity contribution is 5.91. The molecule has 1 N–H and O–H groups in total. The van der Waals surface area contributed by atoms with Crippen molar-refractivity contribution in [1.29, 1.82) is 0 Å². The summed E-state index contributed by atoms with van der Waals surface area (Å²) in [6, 6.07) is 9.34. The van der Waals surface area contributed by atoms with Crippen molar-refractivity contribution in [3.8, 4) is 0 Å². The third kappa shape index (κ3) is 2.23. The minimum absolute atomic E-state index is 0.120. The predicted octanol–water partition coefficient (Wildman–Crippen LogP) is 3.49. The van der Waals surface area contributed by atoms with Crippen LogP contribution in [0.2, 0.25) is 0 Å². The molecule has 0 unspecified atom stereocenters. The Morgan fingerprint density at radius 2 is 1.76 bits per heavy atom. The topological polar surface area (TPSA) is 34.0 Å². The number of anilines is 1. The summed E-state index contributed by atoms with van der Waals surface area (Å²) in [5.74, 6) is 0. The number of nitrogens with zero attached hydrogens (tertiary/aromatic N) is 1. The number of hydrogen-bond acceptors (Lipinski definition) is 1. The average molecular weight is 228 g/mol. The molecule has 0 atom stereocenters. The molecule has 0 radical (unpaired) electrons. The minimum atomic E-state index is -0.120. The molecule has 17 heavy (non-hydrogen) atoms. The fraction of sp³-hybridized carbons (Fsp3) is 0.214. The molecule has 2 rings (SSSR count). The van der Waals surface area contributed by atoms with Crippen LogP contribution in [-0.4, -0.2) is 10.6 Å². The smallest absolute Gasteiger partial charge is 0.307 e. The van der Waals surface area contributed by atoms with Crippen molar-refractivity contribution >= 4 is 11.7 Å². The minimum Gasteiger partial charge on any atom is -0.307 e. The third-order valence-corrected chi connectivity index (χ3v) is 3.06. The maximum atomic E-state index is 12.1. The Hall–Kier alpha value is -2.03. The average Bonchev–Trinajstić information content (AvgIpc) is 2.58. The van der Waals surface area contributed by atoms with Gasteiger partial charge in [0.15, 0.2) is 0 Å². The van der Waals surface area contributed by atoms with Gasteiger partial charge >= 0.3 is 6.03 Å². The second-order valence-corrected chi connectivity index (χ2v) is 4.19. The lowest BCUT2D eigenvalue weighted by Gasteiger charge is -2.07. The summed E-state index contributed by atoms with van der Waals surface area (Å²) >= 11 is 0. The number of carbonyl (C=O) groups excluding carboxylic acids is 1. The van der Waals surface area contributed by atoms with Crippen molar-refractivity contribution in [1.82, 2.24) is 4.57 Å². The lowest BCUT2D eigenvalue weighted by atomic mass is 10.2. The van der Waals surface area contributed by atoms with E-state index in [1.165, 1.54) is 0 Å². The molecule has 88 valence electrons. The first-order valence-electron chi connectivity index (χ1n) is 5.61. The molecule has 0 saturated heterocycles. The Morgan fingerprint density at radius 1 is 1.12 bits per heavy atom. The van der Waals surface area contributed by atoms with E-state index in [1.54, 1.807) is 4.57 Å². The molecule has 3 nitrogen and oxygen atoms in total. The Balaban J connectivity index is 2.24. The van der Waals surface area contributed by atoms with E-state index >= 15 is 0 Å². The zero-order valence-electron chi connectivity index (χ0n) is 10.3. The Morgan fingerprint density at radius 3 is 2.29 bits per heavy atom. The van der Waals surface area contributed by atoms with Crippen LogP contribution in [0.15, 0.2) is 36.5 Å². The van der Waals surface area contributed by atoms with Gasteiger partial charge in [-0.15, -0.1) is 0 Å². The number of carbonyl (C=O) groups is 1. The van der Waals surface area contributed by atoms with Gasteiger partial charge in [-0.2, -0.15) is 0 Å². The number of benzene rings is 1. The van der Waals surface area contributed by atoms with E-state index in [9.17, 15) is 4.79 Å². The van der Waals surface area contributed by atoms with Gasteiger partial charge in [-0.25, -0.2) is 4.79 Å². The van der Waals surface area contributed by atoms with Crippen molar-refractivity contribution < 1.29 is 4.79 Å². The van der Waals surface area contributed by atoms with E-state index in [1.807, 2.05) is 57.3 Å². The molecule has 0 aliphatic rings. The van der Waals surface area contributed by atoms with Gasteiger partial charge in [0.1, 0.15) is 0 Å². The zero-order valence-corrected chi connectivity index (χ0v) is 10.3. The van der Waals surface area contributed by atoms with Crippen LogP contribution in [-0.2, 0) is 0 Å². The number of hydrogen-bond donors (Lipinski definition) is 1. The quantitative estimate of drug-likeness (QED) is 0.796. The highest BCUT2D eigenvalue weighted by Crippen LogP contribution is 2.15. The van der Waals surface area contributed by atoms with Crippen LogP contribution in [0, 0.1) is 20.8 Å². The molecule has 1 heterocycles. The monoisotopic (exact) mass is 228 g/mol. The van der Waals surface area contributed by atoms with Gasteiger partial charge < -0.3 is 5.32 Å². The van der Waals surface area contributed by atoms with Crippen LogP contribution in [0.1, 0.15) is 16.8 Å². The van der Waals surface area contributed by atoms with Gasteiger partial charge in [0, 0.05) is 17.6 Å². The van der Waals surface area contributed by atoms with Crippen LogP contribution >= 0.6 is 0 Å². The van der Waals surface area contributed by atoms with Crippen LogP contribution in [0.3, 0.4) is 0 Å². The van der Waals surface area contributed by atoms with Crippen LogP contribution in [0.4, 0.5) is 10.5 Å². The molecule has 1 aromatic carbocycles. The van der Waals surface area contributed by atoms with Crippen molar-refractivity contribution in [3.05, 3.63) is 53.3 Å². The van der Waals surface area contributed by atoms with Crippen molar-refractivity contribution in [2.45, 2.75) is 20.8 Å². The van der Waals surface area contributed by atoms with Gasteiger partial charge in [-0.3, -0.25) is 4.57 Å². The third-order valence-electron chi connectivity index (χ3n) is 3.06. The number of rotatable bonds is 1. The lowest BCUT2D eigenvalue weighted by Crippen LogP contribution is -2.19. The molecule has 0 bridgehead atoms.